The summed E-state index contributed by atoms with van der Waals surface area (Å²) in [5, 5.41) is 2.72. The van der Waals surface area contributed by atoms with Gasteiger partial charge in [0.1, 0.15) is 0 Å². The summed E-state index contributed by atoms with van der Waals surface area (Å²) >= 11 is 3.37. The molecule has 0 saturated heterocycles. The zero-order chi connectivity index (χ0) is 11.3. The number of amides is 1. The SMILES string of the molecule is COC(=O)NC(C)Cc1ccc(Br)cc1. The van der Waals surface area contributed by atoms with Crippen molar-refractivity contribution in [2.75, 3.05) is 7.11 Å². The van der Waals surface area contributed by atoms with Gasteiger partial charge in [0.2, 0.25) is 0 Å². The molecule has 82 valence electrons. The Morgan fingerprint density at radius 3 is 2.60 bits per heavy atom. The second-order valence-corrected chi connectivity index (χ2v) is 4.28. The van der Waals surface area contributed by atoms with Gasteiger partial charge in [-0.15, -0.1) is 0 Å². The van der Waals surface area contributed by atoms with Gasteiger partial charge >= 0.3 is 6.09 Å². The maximum absolute atomic E-state index is 10.9. The van der Waals surface area contributed by atoms with Crippen LogP contribution in [0.2, 0.25) is 0 Å². The Bertz CT molecular complexity index is 324. The lowest BCUT2D eigenvalue weighted by Crippen LogP contribution is -2.33. The van der Waals surface area contributed by atoms with Gasteiger partial charge < -0.3 is 10.1 Å². The molecular formula is C11H14BrNO2. The predicted octanol–water partition coefficient (Wildman–Crippen LogP) is 2.74. The minimum absolute atomic E-state index is 0.0682. The number of methoxy groups -OCH3 is 1. The molecule has 4 heteroatoms. The van der Waals surface area contributed by atoms with Gasteiger partial charge in [-0.1, -0.05) is 28.1 Å². The lowest BCUT2D eigenvalue weighted by atomic mass is 10.1. The van der Waals surface area contributed by atoms with Crippen molar-refractivity contribution in [2.45, 2.75) is 19.4 Å². The third kappa shape index (κ3) is 4.34. The first-order chi connectivity index (χ1) is 7.11. The molecule has 0 heterocycles. The first kappa shape index (κ1) is 12.0. The molecule has 0 fully saturated rings. The summed E-state index contributed by atoms with van der Waals surface area (Å²) in [7, 11) is 1.36. The van der Waals surface area contributed by atoms with Crippen LogP contribution < -0.4 is 5.32 Å². The molecule has 0 aliphatic rings. The van der Waals surface area contributed by atoms with E-state index in [0.717, 1.165) is 10.9 Å². The molecule has 1 aromatic carbocycles. The average molecular weight is 272 g/mol. The number of hydrogen-bond donors (Lipinski definition) is 1. The number of ether oxygens (including phenoxy) is 1. The van der Waals surface area contributed by atoms with Crippen molar-refractivity contribution in [1.29, 1.82) is 0 Å². The highest BCUT2D eigenvalue weighted by atomic mass is 79.9. The highest BCUT2D eigenvalue weighted by molar-refractivity contribution is 9.10. The fraction of sp³-hybridized carbons (Fsp3) is 0.364. The second-order valence-electron chi connectivity index (χ2n) is 3.37. The summed E-state index contributed by atoms with van der Waals surface area (Å²) in [6.07, 6.45) is 0.405. The van der Waals surface area contributed by atoms with Crippen molar-refractivity contribution in [3.8, 4) is 0 Å². The van der Waals surface area contributed by atoms with Crippen molar-refractivity contribution >= 4 is 22.0 Å². The van der Waals surface area contributed by atoms with E-state index in [9.17, 15) is 4.79 Å². The summed E-state index contributed by atoms with van der Waals surface area (Å²) < 4.78 is 5.58. The third-order valence-corrected chi connectivity index (χ3v) is 2.53. The molecule has 1 atom stereocenters. The summed E-state index contributed by atoms with van der Waals surface area (Å²) in [5.41, 5.74) is 1.18. The number of halogens is 1. The van der Waals surface area contributed by atoms with Crippen LogP contribution in [0.5, 0.6) is 0 Å². The quantitative estimate of drug-likeness (QED) is 0.918. The van der Waals surface area contributed by atoms with Crippen molar-refractivity contribution in [2.24, 2.45) is 0 Å². The van der Waals surface area contributed by atoms with Crippen LogP contribution in [0, 0.1) is 0 Å². The molecule has 1 rings (SSSR count). The van der Waals surface area contributed by atoms with Gasteiger partial charge in [0.05, 0.1) is 7.11 Å². The van der Waals surface area contributed by atoms with Crippen LogP contribution in [-0.4, -0.2) is 19.2 Å². The summed E-state index contributed by atoms with van der Waals surface area (Å²) in [4.78, 5) is 10.9. The highest BCUT2D eigenvalue weighted by Crippen LogP contribution is 2.11. The number of benzene rings is 1. The zero-order valence-electron chi connectivity index (χ0n) is 8.79. The van der Waals surface area contributed by atoms with Gasteiger partial charge in [-0.05, 0) is 31.0 Å². The van der Waals surface area contributed by atoms with E-state index in [1.165, 1.54) is 12.7 Å². The van der Waals surface area contributed by atoms with E-state index >= 15 is 0 Å². The van der Waals surface area contributed by atoms with Gasteiger partial charge in [-0.25, -0.2) is 4.79 Å². The summed E-state index contributed by atoms with van der Waals surface area (Å²) in [6, 6.07) is 8.10. The van der Waals surface area contributed by atoms with Crippen LogP contribution in [0.4, 0.5) is 4.79 Å². The smallest absolute Gasteiger partial charge is 0.407 e. The minimum atomic E-state index is -0.389. The largest absolute Gasteiger partial charge is 0.453 e. The summed E-state index contributed by atoms with van der Waals surface area (Å²) in [5.74, 6) is 0. The molecule has 0 radical (unpaired) electrons. The first-order valence-electron chi connectivity index (χ1n) is 4.70. The van der Waals surface area contributed by atoms with Crippen molar-refractivity contribution in [1.82, 2.24) is 5.32 Å². The van der Waals surface area contributed by atoms with Crippen LogP contribution in [0.3, 0.4) is 0 Å². The first-order valence-corrected chi connectivity index (χ1v) is 5.50. The predicted molar refractivity (Wildman–Crippen MR) is 62.8 cm³/mol. The molecule has 0 spiro atoms. The van der Waals surface area contributed by atoms with E-state index in [1.807, 2.05) is 31.2 Å². The molecule has 1 N–H and O–H groups in total. The van der Waals surface area contributed by atoms with E-state index in [1.54, 1.807) is 0 Å². The Kier molecular flexibility index (Phi) is 4.62. The van der Waals surface area contributed by atoms with E-state index in [2.05, 4.69) is 26.0 Å². The van der Waals surface area contributed by atoms with E-state index < -0.39 is 0 Å². The third-order valence-electron chi connectivity index (χ3n) is 2.00. The van der Waals surface area contributed by atoms with Crippen LogP contribution in [0.25, 0.3) is 0 Å². The molecule has 0 saturated carbocycles. The topological polar surface area (TPSA) is 38.3 Å². The van der Waals surface area contributed by atoms with E-state index in [-0.39, 0.29) is 12.1 Å². The maximum Gasteiger partial charge on any atom is 0.407 e. The molecule has 1 amide bonds. The molecule has 1 unspecified atom stereocenters. The van der Waals surface area contributed by atoms with Crippen molar-refractivity contribution < 1.29 is 9.53 Å². The number of hydrogen-bond acceptors (Lipinski definition) is 2. The number of alkyl carbamates (subject to hydrolysis) is 1. The fourth-order valence-corrected chi connectivity index (χ4v) is 1.55. The number of carbonyl (C=O) groups is 1. The lowest BCUT2D eigenvalue weighted by molar-refractivity contribution is 0.167. The Hall–Kier alpha value is -1.03. The van der Waals surface area contributed by atoms with Gasteiger partial charge in [0.15, 0.2) is 0 Å². The summed E-state index contributed by atoms with van der Waals surface area (Å²) in [6.45, 7) is 1.94. The number of rotatable bonds is 3. The van der Waals surface area contributed by atoms with Gasteiger partial charge in [-0.3, -0.25) is 0 Å². The minimum Gasteiger partial charge on any atom is -0.453 e. The van der Waals surface area contributed by atoms with Gasteiger partial charge in [0, 0.05) is 10.5 Å². The van der Waals surface area contributed by atoms with Gasteiger partial charge in [-0.2, -0.15) is 0 Å². The molecule has 0 aliphatic heterocycles. The Morgan fingerprint density at radius 2 is 2.07 bits per heavy atom. The Labute approximate surface area is 97.9 Å². The normalized spacial score (nSPS) is 11.9. The van der Waals surface area contributed by atoms with E-state index in [0.29, 0.717) is 0 Å². The van der Waals surface area contributed by atoms with Crippen molar-refractivity contribution in [3.63, 3.8) is 0 Å². The van der Waals surface area contributed by atoms with Crippen LogP contribution in [0.15, 0.2) is 28.7 Å². The molecule has 15 heavy (non-hydrogen) atoms. The molecular weight excluding hydrogens is 258 g/mol. The van der Waals surface area contributed by atoms with Crippen LogP contribution in [0.1, 0.15) is 12.5 Å². The monoisotopic (exact) mass is 271 g/mol. The molecule has 3 nitrogen and oxygen atoms in total. The van der Waals surface area contributed by atoms with Crippen LogP contribution in [-0.2, 0) is 11.2 Å². The molecule has 0 aliphatic carbocycles. The Morgan fingerprint density at radius 1 is 1.47 bits per heavy atom. The Balaban J connectivity index is 2.47. The average Bonchev–Trinajstić information content (AvgIpc) is 2.21. The maximum atomic E-state index is 10.9. The standard InChI is InChI=1S/C11H14BrNO2/c1-8(13-11(14)15-2)7-9-3-5-10(12)6-4-9/h3-6,8H,7H2,1-2H3,(H,13,14). The van der Waals surface area contributed by atoms with Crippen LogP contribution >= 0.6 is 15.9 Å². The number of carbonyl (C=O) groups excluding carboxylic acids is 1. The fourth-order valence-electron chi connectivity index (χ4n) is 1.29. The highest BCUT2D eigenvalue weighted by Gasteiger charge is 2.07. The molecule has 0 bridgehead atoms. The van der Waals surface area contributed by atoms with Gasteiger partial charge in [0.25, 0.3) is 0 Å². The lowest BCUT2D eigenvalue weighted by Gasteiger charge is -2.12. The zero-order valence-corrected chi connectivity index (χ0v) is 10.4. The molecule has 0 aromatic heterocycles. The number of nitrogens with one attached hydrogen (secondary N) is 1. The second kappa shape index (κ2) is 5.75. The van der Waals surface area contributed by atoms with E-state index in [4.69, 9.17) is 0 Å². The van der Waals surface area contributed by atoms with Crippen molar-refractivity contribution in [3.05, 3.63) is 34.3 Å². The molecule has 1 aromatic rings.